The normalized spacial score (nSPS) is 10.3. The summed E-state index contributed by atoms with van der Waals surface area (Å²) in [7, 11) is 2.92. The second-order valence-electron chi connectivity index (χ2n) is 6.58. The Morgan fingerprint density at radius 2 is 1.87 bits per heavy atom. The van der Waals surface area contributed by atoms with Crippen molar-refractivity contribution in [3.63, 3.8) is 0 Å². The Labute approximate surface area is 179 Å². The van der Waals surface area contributed by atoms with Crippen LogP contribution >= 0.6 is 0 Å². The Bertz CT molecular complexity index is 1060. The number of nitrogens with zero attached hydrogens (tertiary/aromatic N) is 2. The average molecular weight is 424 g/mol. The van der Waals surface area contributed by atoms with E-state index < -0.39 is 24.3 Å². The summed E-state index contributed by atoms with van der Waals surface area (Å²) in [6.45, 7) is -0.312. The van der Waals surface area contributed by atoms with Gasteiger partial charge in [-0.25, -0.2) is 9.18 Å². The molecule has 0 aliphatic heterocycles. The number of carbonyl (C=O) groups is 2. The molecule has 0 saturated heterocycles. The largest absolute Gasteiger partial charge is 0.494 e. The van der Waals surface area contributed by atoms with Gasteiger partial charge in [0.25, 0.3) is 5.91 Å². The summed E-state index contributed by atoms with van der Waals surface area (Å²) in [5, 5.41) is 0. The molecule has 0 aliphatic carbocycles. The topological polar surface area (TPSA) is 78.0 Å². The Hall–Kier alpha value is -3.94. The third-order valence-electron chi connectivity index (χ3n) is 4.36. The van der Waals surface area contributed by atoms with E-state index in [0.717, 1.165) is 0 Å². The van der Waals surface area contributed by atoms with Crippen molar-refractivity contribution in [2.45, 2.75) is 6.54 Å². The predicted molar refractivity (Wildman–Crippen MR) is 110 cm³/mol. The van der Waals surface area contributed by atoms with Crippen LogP contribution in [0.3, 0.4) is 0 Å². The van der Waals surface area contributed by atoms with Gasteiger partial charge in [-0.05, 0) is 42.0 Å². The zero-order valence-corrected chi connectivity index (χ0v) is 17.1. The van der Waals surface area contributed by atoms with Gasteiger partial charge in [-0.3, -0.25) is 9.78 Å². The van der Waals surface area contributed by atoms with Crippen LogP contribution in [-0.4, -0.2) is 42.5 Å². The number of amides is 1. The first-order valence-corrected chi connectivity index (χ1v) is 9.38. The zero-order chi connectivity index (χ0) is 22.2. The predicted octanol–water partition coefficient (Wildman–Crippen LogP) is 3.84. The second-order valence-corrected chi connectivity index (χ2v) is 6.58. The lowest BCUT2D eigenvalue weighted by molar-refractivity contribution is -0.133. The minimum absolute atomic E-state index is 0.124. The molecule has 0 radical (unpaired) electrons. The van der Waals surface area contributed by atoms with Gasteiger partial charge in [0.1, 0.15) is 17.1 Å². The quantitative estimate of drug-likeness (QED) is 0.512. The molecule has 0 N–H and O–H groups in total. The number of ether oxygens (including phenoxy) is 3. The lowest BCUT2D eigenvalue weighted by Crippen LogP contribution is -2.30. The van der Waals surface area contributed by atoms with E-state index in [1.807, 2.05) is 0 Å². The maximum Gasteiger partial charge on any atom is 0.342 e. The first kappa shape index (κ1) is 21.8. The van der Waals surface area contributed by atoms with Crippen molar-refractivity contribution in [2.24, 2.45) is 0 Å². The number of halogens is 1. The number of para-hydroxylation sites is 1. The van der Waals surface area contributed by atoms with E-state index in [1.165, 1.54) is 37.4 Å². The SMILES string of the molecule is COc1ccc(CN(C)C(=O)COC(=O)c2ccccc2Oc2cccnc2)cc1F. The number of carbonyl (C=O) groups excluding carboxylic acids is 2. The van der Waals surface area contributed by atoms with Crippen molar-refractivity contribution < 1.29 is 28.2 Å². The van der Waals surface area contributed by atoms with Gasteiger partial charge >= 0.3 is 5.97 Å². The van der Waals surface area contributed by atoms with Gasteiger partial charge < -0.3 is 19.1 Å². The van der Waals surface area contributed by atoms with E-state index in [9.17, 15) is 14.0 Å². The molecule has 1 aromatic heterocycles. The highest BCUT2D eigenvalue weighted by Crippen LogP contribution is 2.25. The molecule has 3 rings (SSSR count). The van der Waals surface area contributed by atoms with Crippen molar-refractivity contribution in [1.82, 2.24) is 9.88 Å². The number of benzene rings is 2. The van der Waals surface area contributed by atoms with Crippen molar-refractivity contribution >= 4 is 11.9 Å². The third kappa shape index (κ3) is 5.79. The third-order valence-corrected chi connectivity index (χ3v) is 4.36. The maximum atomic E-state index is 13.8. The molecule has 8 heteroatoms. The van der Waals surface area contributed by atoms with Crippen LogP contribution in [0.2, 0.25) is 0 Å². The van der Waals surface area contributed by atoms with E-state index in [4.69, 9.17) is 14.2 Å². The Morgan fingerprint density at radius 3 is 2.58 bits per heavy atom. The summed E-state index contributed by atoms with van der Waals surface area (Å²) in [5.41, 5.74) is 0.759. The number of hydrogen-bond donors (Lipinski definition) is 0. The van der Waals surface area contributed by atoms with Crippen LogP contribution in [-0.2, 0) is 16.1 Å². The lowest BCUT2D eigenvalue weighted by Gasteiger charge is -2.18. The van der Waals surface area contributed by atoms with Crippen LogP contribution in [0.5, 0.6) is 17.2 Å². The van der Waals surface area contributed by atoms with Crippen LogP contribution in [0.15, 0.2) is 67.0 Å². The molecule has 0 saturated carbocycles. The number of esters is 1. The van der Waals surface area contributed by atoms with Gasteiger partial charge in [-0.1, -0.05) is 18.2 Å². The fourth-order valence-electron chi connectivity index (χ4n) is 2.74. The summed E-state index contributed by atoms with van der Waals surface area (Å²) in [6, 6.07) is 14.4. The monoisotopic (exact) mass is 424 g/mol. The Kier molecular flexibility index (Phi) is 7.16. The molecule has 0 bridgehead atoms. The molecular formula is C23H21FN2O5. The van der Waals surface area contributed by atoms with E-state index >= 15 is 0 Å². The van der Waals surface area contributed by atoms with Crippen molar-refractivity contribution in [3.8, 4) is 17.2 Å². The number of rotatable bonds is 8. The molecule has 0 fully saturated rings. The van der Waals surface area contributed by atoms with Crippen LogP contribution in [0.1, 0.15) is 15.9 Å². The molecule has 1 amide bonds. The summed E-state index contributed by atoms with van der Waals surface area (Å²) in [4.78, 5) is 30.2. The number of methoxy groups -OCH3 is 1. The molecule has 0 spiro atoms. The molecule has 0 unspecified atom stereocenters. The van der Waals surface area contributed by atoms with Gasteiger partial charge in [0.05, 0.1) is 13.3 Å². The first-order chi connectivity index (χ1) is 15.0. The Balaban J connectivity index is 1.59. The molecule has 31 heavy (non-hydrogen) atoms. The van der Waals surface area contributed by atoms with Crippen LogP contribution in [0.25, 0.3) is 0 Å². The van der Waals surface area contributed by atoms with Crippen molar-refractivity contribution in [3.05, 3.63) is 83.9 Å². The van der Waals surface area contributed by atoms with Crippen molar-refractivity contribution in [1.29, 1.82) is 0 Å². The number of likely N-dealkylation sites (N-methyl/N-ethyl adjacent to an activating group) is 1. The molecule has 0 atom stereocenters. The highest BCUT2D eigenvalue weighted by molar-refractivity contribution is 5.94. The summed E-state index contributed by atoms with van der Waals surface area (Å²) >= 11 is 0. The molecule has 7 nitrogen and oxygen atoms in total. The maximum absolute atomic E-state index is 13.8. The summed E-state index contributed by atoms with van der Waals surface area (Å²) in [5.74, 6) is -0.774. The van der Waals surface area contributed by atoms with Crippen LogP contribution < -0.4 is 9.47 Å². The van der Waals surface area contributed by atoms with E-state index in [-0.39, 0.29) is 23.6 Å². The fraction of sp³-hybridized carbons (Fsp3) is 0.174. The zero-order valence-electron chi connectivity index (χ0n) is 17.1. The minimum atomic E-state index is -0.697. The molecule has 0 aliphatic rings. The summed E-state index contributed by atoms with van der Waals surface area (Å²) in [6.07, 6.45) is 3.12. The van der Waals surface area contributed by atoms with Gasteiger partial charge in [0.2, 0.25) is 0 Å². The Morgan fingerprint density at radius 1 is 1.06 bits per heavy atom. The second kappa shape index (κ2) is 10.2. The van der Waals surface area contributed by atoms with Gasteiger partial charge in [-0.2, -0.15) is 0 Å². The lowest BCUT2D eigenvalue weighted by atomic mass is 10.2. The van der Waals surface area contributed by atoms with E-state index in [1.54, 1.807) is 48.7 Å². The van der Waals surface area contributed by atoms with Crippen molar-refractivity contribution in [2.75, 3.05) is 20.8 Å². The van der Waals surface area contributed by atoms with Gasteiger partial charge in [0, 0.05) is 19.8 Å². The number of aromatic nitrogens is 1. The van der Waals surface area contributed by atoms with Gasteiger partial charge in [0.15, 0.2) is 18.2 Å². The fourth-order valence-corrected chi connectivity index (χ4v) is 2.74. The van der Waals surface area contributed by atoms with E-state index in [0.29, 0.717) is 11.3 Å². The average Bonchev–Trinajstić information content (AvgIpc) is 2.78. The summed E-state index contributed by atoms with van der Waals surface area (Å²) < 4.78 is 29.6. The number of pyridine rings is 1. The first-order valence-electron chi connectivity index (χ1n) is 9.38. The van der Waals surface area contributed by atoms with Gasteiger partial charge in [-0.15, -0.1) is 0 Å². The molecule has 2 aromatic carbocycles. The molecule has 1 heterocycles. The molecule has 3 aromatic rings. The highest BCUT2D eigenvalue weighted by Gasteiger charge is 2.18. The van der Waals surface area contributed by atoms with Crippen LogP contribution in [0, 0.1) is 5.82 Å². The molecular weight excluding hydrogens is 403 g/mol. The number of hydrogen-bond acceptors (Lipinski definition) is 6. The van der Waals surface area contributed by atoms with E-state index in [2.05, 4.69) is 4.98 Å². The van der Waals surface area contributed by atoms with Crippen LogP contribution in [0.4, 0.5) is 4.39 Å². The smallest absolute Gasteiger partial charge is 0.342 e. The molecule has 160 valence electrons. The standard InChI is InChI=1S/C23H21FN2O5/c1-26(14-16-9-10-21(29-2)19(24)12-16)22(27)15-30-23(28)18-7-3-4-8-20(18)31-17-6-5-11-25-13-17/h3-13H,14-15H2,1-2H3. The highest BCUT2D eigenvalue weighted by atomic mass is 19.1. The minimum Gasteiger partial charge on any atom is -0.494 e.